The number of nitrogens with zero attached hydrogens (tertiary/aromatic N) is 4. The first-order valence-corrected chi connectivity index (χ1v) is 15.1. The summed E-state index contributed by atoms with van der Waals surface area (Å²) >= 11 is 1.28. The summed E-state index contributed by atoms with van der Waals surface area (Å²) in [6.07, 6.45) is 1.90. The molecule has 1 saturated heterocycles. The molecule has 1 N–H and O–H groups in total. The SMILES string of the molecule is COc1ccc(N=C2S/C(=C\c3c(C)n(Cc4ccc([N+](=O)[O-])cc4)c4ccccc34)C(=O)N2Cc2ccc(C(=O)O)cc2)cc1. The number of nitro benzene ring substituents is 1. The number of carbonyl (C=O) groups excluding carboxylic acids is 1. The van der Waals surface area contributed by atoms with Gasteiger partial charge in [-0.15, -0.1) is 0 Å². The molecule has 0 aliphatic carbocycles. The van der Waals surface area contributed by atoms with Crippen LogP contribution in [0.15, 0.2) is 107 Å². The van der Waals surface area contributed by atoms with Crippen LogP contribution >= 0.6 is 11.8 Å². The number of carbonyl (C=O) groups is 2. The van der Waals surface area contributed by atoms with E-state index in [1.807, 2.05) is 49.4 Å². The molecule has 1 aromatic heterocycles. The van der Waals surface area contributed by atoms with Crippen LogP contribution in [0.4, 0.5) is 11.4 Å². The Morgan fingerprint density at radius 3 is 2.26 bits per heavy atom. The second kappa shape index (κ2) is 12.7. The number of hydrogen-bond acceptors (Lipinski definition) is 7. The highest BCUT2D eigenvalue weighted by molar-refractivity contribution is 8.18. The average molecular weight is 633 g/mol. The number of aliphatic imine (C=N–C) groups is 1. The van der Waals surface area contributed by atoms with Crippen LogP contribution in [0.2, 0.25) is 0 Å². The molecule has 0 bridgehead atoms. The van der Waals surface area contributed by atoms with E-state index in [0.717, 1.165) is 33.3 Å². The Kier molecular flexibility index (Phi) is 8.41. The van der Waals surface area contributed by atoms with Crippen LogP contribution in [0.3, 0.4) is 0 Å². The van der Waals surface area contributed by atoms with E-state index in [9.17, 15) is 24.8 Å². The molecule has 4 aromatic carbocycles. The van der Waals surface area contributed by atoms with Gasteiger partial charge in [0.05, 0.1) is 34.7 Å². The zero-order valence-electron chi connectivity index (χ0n) is 24.9. The molecule has 1 aliphatic rings. The average Bonchev–Trinajstić information content (AvgIpc) is 3.49. The summed E-state index contributed by atoms with van der Waals surface area (Å²) < 4.78 is 7.41. The number of rotatable bonds is 9. The second-order valence-electron chi connectivity index (χ2n) is 10.6. The van der Waals surface area contributed by atoms with E-state index in [0.29, 0.717) is 28.1 Å². The molecule has 6 rings (SSSR count). The molecule has 1 amide bonds. The van der Waals surface area contributed by atoms with Gasteiger partial charge in [0, 0.05) is 40.8 Å². The minimum atomic E-state index is -1.02. The molecule has 0 unspecified atom stereocenters. The van der Waals surface area contributed by atoms with E-state index in [2.05, 4.69) is 4.57 Å². The summed E-state index contributed by atoms with van der Waals surface area (Å²) in [5.41, 5.74) is 5.34. The van der Waals surface area contributed by atoms with Crippen molar-refractivity contribution in [3.05, 3.63) is 140 Å². The molecule has 11 heteroatoms. The Labute approximate surface area is 268 Å². The predicted octanol–water partition coefficient (Wildman–Crippen LogP) is 7.42. The van der Waals surface area contributed by atoms with Crippen LogP contribution in [-0.4, -0.2) is 43.7 Å². The first-order chi connectivity index (χ1) is 22.2. The van der Waals surface area contributed by atoms with Crippen LogP contribution in [-0.2, 0) is 17.9 Å². The summed E-state index contributed by atoms with van der Waals surface area (Å²) in [6.45, 7) is 2.70. The van der Waals surface area contributed by atoms with Crippen molar-refractivity contribution in [2.75, 3.05) is 7.11 Å². The number of nitro groups is 1. The summed E-state index contributed by atoms with van der Waals surface area (Å²) in [4.78, 5) is 43.0. The lowest BCUT2D eigenvalue weighted by Gasteiger charge is -2.16. The fraction of sp³-hybridized carbons (Fsp3) is 0.114. The number of carboxylic acid groups (broad SMARTS) is 1. The fourth-order valence-electron chi connectivity index (χ4n) is 5.31. The van der Waals surface area contributed by atoms with E-state index >= 15 is 0 Å². The third-order valence-electron chi connectivity index (χ3n) is 7.77. The van der Waals surface area contributed by atoms with Crippen molar-refractivity contribution in [1.29, 1.82) is 0 Å². The molecule has 0 radical (unpaired) electrons. The predicted molar refractivity (Wildman–Crippen MR) is 178 cm³/mol. The molecular formula is C35H28N4O6S. The van der Waals surface area contributed by atoms with Crippen LogP contribution < -0.4 is 4.74 Å². The lowest BCUT2D eigenvalue weighted by atomic mass is 10.1. The largest absolute Gasteiger partial charge is 0.497 e. The normalized spacial score (nSPS) is 14.8. The number of non-ortho nitro benzene ring substituents is 1. The van der Waals surface area contributed by atoms with E-state index in [1.165, 1.54) is 36.0 Å². The van der Waals surface area contributed by atoms with Gasteiger partial charge in [0.15, 0.2) is 5.17 Å². The van der Waals surface area contributed by atoms with Crippen molar-refractivity contribution in [3.8, 4) is 5.75 Å². The maximum absolute atomic E-state index is 14.0. The van der Waals surface area contributed by atoms with Crippen molar-refractivity contribution in [2.45, 2.75) is 20.0 Å². The van der Waals surface area contributed by atoms with Crippen LogP contribution in [0.1, 0.15) is 32.7 Å². The standard InChI is InChI=1S/C35H28N4O6S/c1-22-30(29-5-3-4-6-31(29)37(22)20-24-9-15-27(16-10-24)39(43)44)19-32-33(40)38(21-23-7-11-25(12-8-23)34(41)42)35(46-32)36-26-13-17-28(45-2)18-14-26/h3-19H,20-21H2,1-2H3,(H,41,42)/b32-19-,36-35?. The summed E-state index contributed by atoms with van der Waals surface area (Å²) in [7, 11) is 1.59. The Morgan fingerprint density at radius 2 is 1.61 bits per heavy atom. The number of thioether (sulfide) groups is 1. The van der Waals surface area contributed by atoms with Gasteiger partial charge < -0.3 is 14.4 Å². The Bertz CT molecular complexity index is 2030. The summed E-state index contributed by atoms with van der Waals surface area (Å²) in [5.74, 6) is -0.545. The molecule has 10 nitrogen and oxygen atoms in total. The van der Waals surface area contributed by atoms with Gasteiger partial charge in [-0.3, -0.25) is 19.8 Å². The van der Waals surface area contributed by atoms with Crippen LogP contribution in [0.5, 0.6) is 5.75 Å². The molecule has 230 valence electrons. The van der Waals surface area contributed by atoms with E-state index in [-0.39, 0.29) is 23.7 Å². The smallest absolute Gasteiger partial charge is 0.335 e. The van der Waals surface area contributed by atoms with Crippen LogP contribution in [0, 0.1) is 17.0 Å². The van der Waals surface area contributed by atoms with Gasteiger partial charge in [-0.2, -0.15) is 0 Å². The van der Waals surface area contributed by atoms with E-state index < -0.39 is 10.9 Å². The van der Waals surface area contributed by atoms with Crippen molar-refractivity contribution in [3.63, 3.8) is 0 Å². The number of carboxylic acids is 1. The fourth-order valence-corrected chi connectivity index (χ4v) is 6.29. The first-order valence-electron chi connectivity index (χ1n) is 14.3. The molecule has 5 aromatic rings. The maximum Gasteiger partial charge on any atom is 0.335 e. The lowest BCUT2D eigenvalue weighted by molar-refractivity contribution is -0.384. The first kappa shape index (κ1) is 30.4. The number of aromatic nitrogens is 1. The van der Waals surface area contributed by atoms with Gasteiger partial charge in [-0.25, -0.2) is 9.79 Å². The number of benzene rings is 4. The minimum absolute atomic E-state index is 0.0366. The van der Waals surface area contributed by atoms with Crippen LogP contribution in [0.25, 0.3) is 17.0 Å². The topological polar surface area (TPSA) is 127 Å². The van der Waals surface area contributed by atoms with Gasteiger partial charge in [-0.1, -0.05) is 42.5 Å². The highest BCUT2D eigenvalue weighted by Crippen LogP contribution is 2.38. The summed E-state index contributed by atoms with van der Waals surface area (Å²) in [5, 5.41) is 21.9. The molecule has 0 atom stereocenters. The van der Waals surface area contributed by atoms with Gasteiger partial charge in [-0.05, 0) is 78.4 Å². The molecular weight excluding hydrogens is 604 g/mol. The summed E-state index contributed by atoms with van der Waals surface area (Å²) in [6, 6.07) is 28.1. The third kappa shape index (κ3) is 6.13. The van der Waals surface area contributed by atoms with Gasteiger partial charge in [0.2, 0.25) is 0 Å². The third-order valence-corrected chi connectivity index (χ3v) is 8.78. The van der Waals surface area contributed by atoms with E-state index in [1.54, 1.807) is 48.4 Å². The molecule has 0 saturated carbocycles. The highest BCUT2D eigenvalue weighted by Gasteiger charge is 2.34. The number of amidine groups is 1. The maximum atomic E-state index is 14.0. The second-order valence-corrected chi connectivity index (χ2v) is 11.6. The number of aromatic carboxylic acids is 1. The van der Waals surface area contributed by atoms with Crippen molar-refractivity contribution >= 4 is 57.2 Å². The number of amides is 1. The number of methoxy groups -OCH3 is 1. The number of para-hydroxylation sites is 1. The molecule has 1 fully saturated rings. The Morgan fingerprint density at radius 1 is 0.957 bits per heavy atom. The van der Waals surface area contributed by atoms with Gasteiger partial charge >= 0.3 is 5.97 Å². The molecule has 1 aliphatic heterocycles. The molecule has 0 spiro atoms. The highest BCUT2D eigenvalue weighted by atomic mass is 32.2. The van der Waals surface area contributed by atoms with Gasteiger partial charge in [0.25, 0.3) is 11.6 Å². The quantitative estimate of drug-likeness (QED) is 0.102. The zero-order valence-corrected chi connectivity index (χ0v) is 25.7. The zero-order chi connectivity index (χ0) is 32.4. The van der Waals surface area contributed by atoms with Crippen molar-refractivity contribution in [2.24, 2.45) is 4.99 Å². The number of fused-ring (bicyclic) bond motifs is 1. The molecule has 2 heterocycles. The molecule has 46 heavy (non-hydrogen) atoms. The van der Waals surface area contributed by atoms with Gasteiger partial charge in [0.1, 0.15) is 5.75 Å². The number of hydrogen-bond donors (Lipinski definition) is 1. The van der Waals surface area contributed by atoms with Crippen molar-refractivity contribution < 1.29 is 24.4 Å². The Hall–Kier alpha value is -5.68. The lowest BCUT2D eigenvalue weighted by Crippen LogP contribution is -2.28. The van der Waals surface area contributed by atoms with E-state index in [4.69, 9.17) is 9.73 Å². The minimum Gasteiger partial charge on any atom is -0.497 e. The number of ether oxygens (including phenoxy) is 1. The monoisotopic (exact) mass is 632 g/mol. The Balaban J connectivity index is 1.38. The van der Waals surface area contributed by atoms with Crippen molar-refractivity contribution in [1.82, 2.24) is 9.47 Å².